The van der Waals surface area contributed by atoms with Gasteiger partial charge in [0.15, 0.2) is 0 Å². The average molecular weight is 362 g/mol. The lowest BCUT2D eigenvalue weighted by Crippen LogP contribution is -2.30. The molecule has 1 N–H and O–H groups in total. The number of rotatable bonds is 6. The van der Waals surface area contributed by atoms with Gasteiger partial charge in [0, 0.05) is 13.0 Å². The minimum atomic E-state index is -3.88. The van der Waals surface area contributed by atoms with Gasteiger partial charge in [0.1, 0.15) is 10.6 Å². The molecule has 1 amide bonds. The van der Waals surface area contributed by atoms with E-state index in [1.807, 2.05) is 6.92 Å². The summed E-state index contributed by atoms with van der Waals surface area (Å²) in [5.41, 5.74) is -0.00910. The second-order valence-corrected chi connectivity index (χ2v) is 8.63. The fraction of sp³-hybridized carbons (Fsp3) is 0.462. The summed E-state index contributed by atoms with van der Waals surface area (Å²) in [5, 5.41) is 0. The van der Waals surface area contributed by atoms with Crippen LogP contribution in [0.15, 0.2) is 23.1 Å². The van der Waals surface area contributed by atoms with Gasteiger partial charge in [-0.3, -0.25) is 4.79 Å². The maximum absolute atomic E-state index is 12.3. The maximum atomic E-state index is 12.3. The van der Waals surface area contributed by atoms with Gasteiger partial charge < -0.3 is 4.74 Å². The van der Waals surface area contributed by atoms with Crippen molar-refractivity contribution in [3.05, 3.63) is 18.2 Å². The maximum Gasteiger partial charge on any atom is 0.244 e. The van der Waals surface area contributed by atoms with Crippen molar-refractivity contribution in [1.82, 2.24) is 4.72 Å². The summed E-state index contributed by atoms with van der Waals surface area (Å²) in [4.78, 5) is 11.6. The largest absolute Gasteiger partial charge is 0.495 e. The molecule has 128 valence electrons. The molecule has 23 heavy (non-hydrogen) atoms. The van der Waals surface area contributed by atoms with E-state index in [9.17, 15) is 21.6 Å². The number of methoxy groups -OCH3 is 1. The van der Waals surface area contributed by atoms with Gasteiger partial charge in [-0.2, -0.15) is 0 Å². The molecule has 0 atom stereocenters. The van der Waals surface area contributed by atoms with E-state index in [1.165, 1.54) is 19.2 Å². The van der Waals surface area contributed by atoms with E-state index in [4.69, 9.17) is 4.74 Å². The van der Waals surface area contributed by atoms with Gasteiger partial charge in [0.05, 0.1) is 18.6 Å². The number of nitrogens with zero attached hydrogens (tertiary/aromatic N) is 1. The standard InChI is InChI=1S/C13H18N2O6S2/c1-3-7-14-23(19,20)12-9-10(4-5-11(12)21-2)15-13(16)6-8-22(15,17)18/h4-5,9,14H,3,6-8H2,1-2H3. The van der Waals surface area contributed by atoms with Crippen molar-refractivity contribution >= 4 is 31.6 Å². The number of nitrogens with one attached hydrogen (secondary N) is 1. The third-order valence-corrected chi connectivity index (χ3v) is 6.46. The molecule has 1 heterocycles. The zero-order chi connectivity index (χ0) is 17.3. The molecule has 0 bridgehead atoms. The Bertz CT molecular complexity index is 817. The van der Waals surface area contributed by atoms with Gasteiger partial charge in [0.25, 0.3) is 0 Å². The topological polar surface area (TPSA) is 110 Å². The predicted molar refractivity (Wildman–Crippen MR) is 84.4 cm³/mol. The Morgan fingerprint density at radius 2 is 2.04 bits per heavy atom. The minimum absolute atomic E-state index is 0.00910. The predicted octanol–water partition coefficient (Wildman–Crippen LogP) is 0.450. The molecule has 0 aromatic heterocycles. The smallest absolute Gasteiger partial charge is 0.244 e. The molecular formula is C13H18N2O6S2. The molecule has 1 aromatic rings. The molecule has 0 aliphatic carbocycles. The number of carbonyl (C=O) groups excluding carboxylic acids is 1. The molecule has 1 aliphatic rings. The molecule has 0 spiro atoms. The summed E-state index contributed by atoms with van der Waals surface area (Å²) < 4.78 is 56.7. The molecule has 1 aliphatic heterocycles. The fourth-order valence-electron chi connectivity index (χ4n) is 2.18. The van der Waals surface area contributed by atoms with Crippen LogP contribution in [0.3, 0.4) is 0 Å². The molecule has 10 heteroatoms. The van der Waals surface area contributed by atoms with Crippen LogP contribution in [0.2, 0.25) is 0 Å². The van der Waals surface area contributed by atoms with E-state index in [0.29, 0.717) is 10.7 Å². The van der Waals surface area contributed by atoms with Gasteiger partial charge in [0.2, 0.25) is 26.0 Å². The normalized spacial score (nSPS) is 17.5. The van der Waals surface area contributed by atoms with E-state index < -0.39 is 26.0 Å². The van der Waals surface area contributed by atoms with Crippen molar-refractivity contribution in [3.8, 4) is 5.75 Å². The zero-order valence-electron chi connectivity index (χ0n) is 12.8. The Hall–Kier alpha value is -1.65. The van der Waals surface area contributed by atoms with Crippen LogP contribution in [0.4, 0.5) is 5.69 Å². The van der Waals surface area contributed by atoms with Crippen LogP contribution in [0.5, 0.6) is 5.75 Å². The van der Waals surface area contributed by atoms with Crippen LogP contribution in [-0.2, 0) is 24.8 Å². The first-order chi connectivity index (χ1) is 10.7. The van der Waals surface area contributed by atoms with Crippen LogP contribution < -0.4 is 13.8 Å². The second kappa shape index (κ2) is 6.46. The summed E-state index contributed by atoms with van der Waals surface area (Å²) in [6, 6.07) is 3.81. The van der Waals surface area contributed by atoms with E-state index in [2.05, 4.69) is 4.72 Å². The Morgan fingerprint density at radius 1 is 1.35 bits per heavy atom. The number of hydrogen-bond donors (Lipinski definition) is 1. The summed E-state index contributed by atoms with van der Waals surface area (Å²) in [6.07, 6.45) is 0.477. The van der Waals surface area contributed by atoms with Gasteiger partial charge in [-0.15, -0.1) is 0 Å². The number of sulfonamides is 2. The molecule has 0 unspecified atom stereocenters. The molecule has 1 aromatic carbocycles. The molecule has 1 fully saturated rings. The second-order valence-electron chi connectivity index (χ2n) is 4.96. The van der Waals surface area contributed by atoms with Crippen LogP contribution >= 0.6 is 0 Å². The Labute approximate surface area is 135 Å². The van der Waals surface area contributed by atoms with Crippen LogP contribution in [0.25, 0.3) is 0 Å². The first kappa shape index (κ1) is 17.7. The van der Waals surface area contributed by atoms with Crippen LogP contribution in [0, 0.1) is 0 Å². The van der Waals surface area contributed by atoms with Gasteiger partial charge in [-0.05, 0) is 24.6 Å². The lowest BCUT2D eigenvalue weighted by Gasteiger charge is -2.17. The van der Waals surface area contributed by atoms with E-state index in [1.54, 1.807) is 0 Å². The highest BCUT2D eigenvalue weighted by Crippen LogP contribution is 2.32. The van der Waals surface area contributed by atoms with Crippen molar-refractivity contribution in [1.29, 1.82) is 0 Å². The lowest BCUT2D eigenvalue weighted by atomic mass is 10.3. The number of hydrogen-bond acceptors (Lipinski definition) is 6. The van der Waals surface area contributed by atoms with Crippen molar-refractivity contribution in [3.63, 3.8) is 0 Å². The summed E-state index contributed by atoms with van der Waals surface area (Å²) in [7, 11) is -6.33. The minimum Gasteiger partial charge on any atom is -0.495 e. The molecular weight excluding hydrogens is 344 g/mol. The van der Waals surface area contributed by atoms with Crippen molar-refractivity contribution < 1.29 is 26.4 Å². The summed E-state index contributed by atoms with van der Waals surface area (Å²) in [5.74, 6) is -0.796. The monoisotopic (exact) mass is 362 g/mol. The number of anilines is 1. The Kier molecular flexibility index (Phi) is 4.97. The number of benzene rings is 1. The molecule has 0 saturated carbocycles. The van der Waals surface area contributed by atoms with Crippen molar-refractivity contribution in [2.75, 3.05) is 23.7 Å². The van der Waals surface area contributed by atoms with Crippen LogP contribution in [0.1, 0.15) is 19.8 Å². The molecule has 8 nitrogen and oxygen atoms in total. The Morgan fingerprint density at radius 3 is 2.57 bits per heavy atom. The first-order valence-electron chi connectivity index (χ1n) is 6.96. The Balaban J connectivity index is 2.54. The SMILES string of the molecule is CCCNS(=O)(=O)c1cc(N2C(=O)CCS2(=O)=O)ccc1OC. The number of amides is 1. The van der Waals surface area contributed by atoms with E-state index in [0.717, 1.165) is 6.07 Å². The molecule has 0 radical (unpaired) electrons. The van der Waals surface area contributed by atoms with E-state index in [-0.39, 0.29) is 35.1 Å². The van der Waals surface area contributed by atoms with Crippen molar-refractivity contribution in [2.24, 2.45) is 0 Å². The van der Waals surface area contributed by atoms with Gasteiger partial charge in [-0.1, -0.05) is 6.92 Å². The quantitative estimate of drug-likeness (QED) is 0.787. The highest BCUT2D eigenvalue weighted by Gasteiger charge is 2.37. The van der Waals surface area contributed by atoms with Crippen molar-refractivity contribution in [2.45, 2.75) is 24.7 Å². The van der Waals surface area contributed by atoms with Gasteiger partial charge >= 0.3 is 0 Å². The molecule has 1 saturated heterocycles. The lowest BCUT2D eigenvalue weighted by molar-refractivity contribution is -0.116. The highest BCUT2D eigenvalue weighted by molar-refractivity contribution is 7.94. The fourth-order valence-corrected chi connectivity index (χ4v) is 4.96. The summed E-state index contributed by atoms with van der Waals surface area (Å²) in [6.45, 7) is 2.04. The third kappa shape index (κ3) is 3.48. The zero-order valence-corrected chi connectivity index (χ0v) is 14.4. The van der Waals surface area contributed by atoms with Crippen LogP contribution in [-0.4, -0.2) is 42.2 Å². The summed E-state index contributed by atoms with van der Waals surface area (Å²) >= 11 is 0. The average Bonchev–Trinajstić information content (AvgIpc) is 2.78. The third-order valence-electron chi connectivity index (χ3n) is 3.29. The number of carbonyl (C=O) groups is 1. The first-order valence-corrected chi connectivity index (χ1v) is 10.1. The molecule has 2 rings (SSSR count). The number of ether oxygens (including phenoxy) is 1. The van der Waals surface area contributed by atoms with E-state index >= 15 is 0 Å². The highest BCUT2D eigenvalue weighted by atomic mass is 32.2. The van der Waals surface area contributed by atoms with Gasteiger partial charge in [-0.25, -0.2) is 25.9 Å².